The molecule has 2 aliphatic rings. The van der Waals surface area contributed by atoms with E-state index in [1.807, 2.05) is 24.3 Å². The largest absolute Gasteiger partial charge is 0.463 e. The van der Waals surface area contributed by atoms with E-state index in [9.17, 15) is 14.4 Å². The van der Waals surface area contributed by atoms with Crippen LogP contribution in [0.3, 0.4) is 0 Å². The fourth-order valence-corrected chi connectivity index (χ4v) is 4.13. The van der Waals surface area contributed by atoms with Gasteiger partial charge in [-0.2, -0.15) is 0 Å². The van der Waals surface area contributed by atoms with Gasteiger partial charge in [-0.3, -0.25) is 9.59 Å². The van der Waals surface area contributed by atoms with Gasteiger partial charge in [0, 0.05) is 17.5 Å². The Morgan fingerprint density at radius 3 is 2.14 bits per heavy atom. The first-order valence-electron chi connectivity index (χ1n) is 9.64. The molecule has 0 bridgehead atoms. The summed E-state index contributed by atoms with van der Waals surface area (Å²) in [5.41, 5.74) is -0.854. The fourth-order valence-electron chi connectivity index (χ4n) is 4.13. The highest BCUT2D eigenvalue weighted by atomic mass is 16.7. The second-order valence-electron chi connectivity index (χ2n) is 7.28. The van der Waals surface area contributed by atoms with Gasteiger partial charge in [0.15, 0.2) is 11.4 Å². The van der Waals surface area contributed by atoms with E-state index in [2.05, 4.69) is 6.92 Å². The van der Waals surface area contributed by atoms with Gasteiger partial charge in [-0.15, -0.1) is 0 Å². The Hall–Kier alpha value is -2.79. The second kappa shape index (κ2) is 6.67. The van der Waals surface area contributed by atoms with E-state index in [0.29, 0.717) is 5.56 Å². The molecular formula is C23H22O5. The van der Waals surface area contributed by atoms with Crippen molar-refractivity contribution < 1.29 is 23.9 Å². The molecule has 0 saturated carbocycles. The van der Waals surface area contributed by atoms with Gasteiger partial charge in [0.1, 0.15) is 0 Å². The zero-order chi connectivity index (χ0) is 19.9. The van der Waals surface area contributed by atoms with Crippen molar-refractivity contribution in [3.63, 3.8) is 0 Å². The summed E-state index contributed by atoms with van der Waals surface area (Å²) >= 11 is 0. The number of esters is 1. The molecular weight excluding hydrogens is 356 g/mol. The third-order valence-corrected chi connectivity index (χ3v) is 5.53. The van der Waals surface area contributed by atoms with Gasteiger partial charge in [0.2, 0.25) is 5.78 Å². The summed E-state index contributed by atoms with van der Waals surface area (Å²) in [6, 6.07) is 14.4. The molecule has 0 amide bonds. The third-order valence-electron chi connectivity index (χ3n) is 5.53. The Morgan fingerprint density at radius 2 is 1.54 bits per heavy atom. The van der Waals surface area contributed by atoms with Crippen molar-refractivity contribution in [1.29, 1.82) is 0 Å². The second-order valence-corrected chi connectivity index (χ2v) is 7.28. The molecule has 0 unspecified atom stereocenters. The van der Waals surface area contributed by atoms with Crippen molar-refractivity contribution in [3.05, 3.63) is 70.8 Å². The summed E-state index contributed by atoms with van der Waals surface area (Å²) in [6.07, 6.45) is 2.17. The Labute approximate surface area is 163 Å². The molecule has 0 N–H and O–H groups in total. The molecule has 0 aromatic heterocycles. The molecule has 2 atom stereocenters. The molecule has 1 heterocycles. The van der Waals surface area contributed by atoms with Gasteiger partial charge < -0.3 is 9.47 Å². The number of fused-ring (bicyclic) bond motifs is 2. The minimum absolute atomic E-state index is 0.106. The Morgan fingerprint density at radius 1 is 0.929 bits per heavy atom. The summed E-state index contributed by atoms with van der Waals surface area (Å²) in [4.78, 5) is 39.3. The Kier molecular flexibility index (Phi) is 4.42. The van der Waals surface area contributed by atoms with Crippen LogP contribution in [-0.2, 0) is 27.1 Å². The van der Waals surface area contributed by atoms with Crippen LogP contribution in [0, 0.1) is 0 Å². The molecule has 1 saturated heterocycles. The van der Waals surface area contributed by atoms with E-state index >= 15 is 0 Å². The number of epoxide rings is 1. The predicted molar refractivity (Wildman–Crippen MR) is 102 cm³/mol. The minimum atomic E-state index is -1.88. The van der Waals surface area contributed by atoms with Crippen LogP contribution in [0.1, 0.15) is 52.1 Å². The summed E-state index contributed by atoms with van der Waals surface area (Å²) in [5.74, 6) is -1.62. The zero-order valence-corrected chi connectivity index (χ0v) is 16.0. The number of Topliss-reactive ketones (excluding diaryl/α,β-unsaturated/α-hetero) is 2. The standard InChI is InChI=1S/C23H22O5/c1-3-7-15-10-12-16(13-11-15)14-22-19(24)17-8-5-6-9-18(17)20(25)23(22,28-22)21(26)27-4-2/h5-6,8-13H,3-4,7,14H2,1-2H3/t22-,23+/m0/s1. The highest BCUT2D eigenvalue weighted by Gasteiger charge is 2.85. The lowest BCUT2D eigenvalue weighted by Gasteiger charge is -2.23. The molecule has 1 aliphatic carbocycles. The molecule has 2 aromatic carbocycles. The average Bonchev–Trinajstić information content (AvgIpc) is 3.40. The minimum Gasteiger partial charge on any atom is -0.463 e. The normalized spacial score (nSPS) is 25.1. The van der Waals surface area contributed by atoms with E-state index in [0.717, 1.165) is 18.4 Å². The van der Waals surface area contributed by atoms with Gasteiger partial charge in [-0.25, -0.2) is 4.79 Å². The first-order valence-corrected chi connectivity index (χ1v) is 9.64. The van der Waals surface area contributed by atoms with E-state index in [1.165, 1.54) is 5.56 Å². The molecule has 0 radical (unpaired) electrons. The highest BCUT2D eigenvalue weighted by molar-refractivity contribution is 6.32. The predicted octanol–water partition coefficient (Wildman–Crippen LogP) is 3.33. The molecule has 5 heteroatoms. The molecule has 144 valence electrons. The van der Waals surface area contributed by atoms with Crippen LogP contribution in [0.15, 0.2) is 48.5 Å². The SMILES string of the molecule is CCCc1ccc(C[C@@]23O[C@@]2(C(=O)OCC)C(=O)c2ccccc2C3=O)cc1. The Bertz CT molecular complexity index is 961. The highest BCUT2D eigenvalue weighted by Crippen LogP contribution is 2.57. The maximum Gasteiger partial charge on any atom is 0.350 e. The number of carbonyl (C=O) groups excluding carboxylic acids is 3. The third kappa shape index (κ3) is 2.46. The number of rotatable bonds is 6. The molecule has 4 rings (SSSR count). The van der Waals surface area contributed by atoms with Crippen LogP contribution in [-0.4, -0.2) is 35.3 Å². The summed E-state index contributed by atoms with van der Waals surface area (Å²) in [5, 5.41) is 0. The van der Waals surface area contributed by atoms with Crippen molar-refractivity contribution in [3.8, 4) is 0 Å². The van der Waals surface area contributed by atoms with E-state index < -0.39 is 23.0 Å². The molecule has 1 aliphatic heterocycles. The van der Waals surface area contributed by atoms with Gasteiger partial charge in [-0.05, 0) is 24.5 Å². The summed E-state index contributed by atoms with van der Waals surface area (Å²) in [6.45, 7) is 3.88. The van der Waals surface area contributed by atoms with Crippen LogP contribution < -0.4 is 0 Å². The lowest BCUT2D eigenvalue weighted by atomic mass is 9.71. The number of aryl methyl sites for hydroxylation is 1. The van der Waals surface area contributed by atoms with Crippen LogP contribution in [0.4, 0.5) is 0 Å². The number of ketones is 2. The van der Waals surface area contributed by atoms with Crippen LogP contribution in [0.5, 0.6) is 0 Å². The van der Waals surface area contributed by atoms with Gasteiger partial charge in [-0.1, -0.05) is 61.9 Å². The van der Waals surface area contributed by atoms with Gasteiger partial charge in [0.05, 0.1) is 6.61 Å². The van der Waals surface area contributed by atoms with Crippen molar-refractivity contribution in [2.24, 2.45) is 0 Å². The van der Waals surface area contributed by atoms with Gasteiger partial charge >= 0.3 is 5.97 Å². The van der Waals surface area contributed by atoms with Crippen LogP contribution >= 0.6 is 0 Å². The number of hydrogen-bond donors (Lipinski definition) is 0. The van der Waals surface area contributed by atoms with Crippen molar-refractivity contribution in [1.82, 2.24) is 0 Å². The molecule has 0 spiro atoms. The number of carbonyl (C=O) groups is 3. The lowest BCUT2D eigenvalue weighted by Crippen LogP contribution is -2.51. The monoisotopic (exact) mass is 378 g/mol. The maximum absolute atomic E-state index is 13.3. The summed E-state index contributed by atoms with van der Waals surface area (Å²) < 4.78 is 10.9. The number of benzene rings is 2. The quantitative estimate of drug-likeness (QED) is 0.438. The van der Waals surface area contributed by atoms with E-state index in [-0.39, 0.29) is 24.4 Å². The fraction of sp³-hybridized carbons (Fsp3) is 0.348. The lowest BCUT2D eigenvalue weighted by molar-refractivity contribution is -0.147. The average molecular weight is 378 g/mol. The first-order chi connectivity index (χ1) is 13.5. The molecule has 5 nitrogen and oxygen atoms in total. The number of hydrogen-bond acceptors (Lipinski definition) is 5. The molecule has 1 fully saturated rings. The van der Waals surface area contributed by atoms with E-state index in [1.54, 1.807) is 31.2 Å². The maximum atomic E-state index is 13.3. The number of ether oxygens (including phenoxy) is 2. The van der Waals surface area contributed by atoms with E-state index in [4.69, 9.17) is 9.47 Å². The van der Waals surface area contributed by atoms with Gasteiger partial charge in [0.25, 0.3) is 5.60 Å². The van der Waals surface area contributed by atoms with Crippen LogP contribution in [0.2, 0.25) is 0 Å². The molecule has 28 heavy (non-hydrogen) atoms. The first kappa shape index (κ1) is 18.6. The van der Waals surface area contributed by atoms with Crippen molar-refractivity contribution in [2.45, 2.75) is 44.3 Å². The molecule has 2 aromatic rings. The smallest absolute Gasteiger partial charge is 0.350 e. The Balaban J connectivity index is 1.76. The van der Waals surface area contributed by atoms with Crippen LogP contribution in [0.25, 0.3) is 0 Å². The topological polar surface area (TPSA) is 73.0 Å². The summed E-state index contributed by atoms with van der Waals surface area (Å²) in [7, 11) is 0. The van der Waals surface area contributed by atoms with Crippen molar-refractivity contribution >= 4 is 17.5 Å². The van der Waals surface area contributed by atoms with Crippen molar-refractivity contribution in [2.75, 3.05) is 6.61 Å². The zero-order valence-electron chi connectivity index (χ0n) is 16.0.